The number of hydrogen-bond donors (Lipinski definition) is 0. The Morgan fingerprint density at radius 1 is 0.878 bits per heavy atom. The fourth-order valence-corrected chi connectivity index (χ4v) is 4.99. The summed E-state index contributed by atoms with van der Waals surface area (Å²) in [6.07, 6.45) is 5.96. The molecular weight excluding hydrogens is 546 g/mol. The molecule has 0 amide bonds. The van der Waals surface area contributed by atoms with Crippen molar-refractivity contribution >= 4 is 11.5 Å². The first-order chi connectivity index (χ1) is 19.7. The molecule has 214 valence electrons. The molecule has 5 rings (SSSR count). The van der Waals surface area contributed by atoms with E-state index >= 15 is 8.78 Å². The highest BCUT2D eigenvalue weighted by atomic mass is 19.2. The van der Waals surface area contributed by atoms with Gasteiger partial charge in [0, 0.05) is 22.3 Å². The highest BCUT2D eigenvalue weighted by Gasteiger charge is 2.31. The number of allylic oxidation sites excluding steroid dienone is 4. The van der Waals surface area contributed by atoms with E-state index in [0.29, 0.717) is 18.4 Å². The average molecular weight is 573 g/mol. The Labute approximate surface area is 233 Å². The van der Waals surface area contributed by atoms with Crippen molar-refractivity contribution in [3.05, 3.63) is 106 Å². The molecule has 3 nitrogen and oxygen atoms in total. The van der Waals surface area contributed by atoms with Gasteiger partial charge in [-0.05, 0) is 56.2 Å². The maximum absolute atomic E-state index is 15.1. The summed E-state index contributed by atoms with van der Waals surface area (Å²) in [7, 11) is 0. The van der Waals surface area contributed by atoms with Gasteiger partial charge in [0.15, 0.2) is 34.8 Å². The van der Waals surface area contributed by atoms with Crippen molar-refractivity contribution in [2.24, 2.45) is 5.92 Å². The fraction of sp³-hybridized carbons (Fsp3) is 0.281. The summed E-state index contributed by atoms with van der Waals surface area (Å²) < 4.78 is 98.3. The number of hydrogen-bond acceptors (Lipinski definition) is 3. The van der Waals surface area contributed by atoms with Gasteiger partial charge in [0.25, 0.3) is 0 Å². The first-order valence-corrected chi connectivity index (χ1v) is 13.3. The minimum atomic E-state index is -1.33. The summed E-state index contributed by atoms with van der Waals surface area (Å²) in [5.41, 5.74) is -0.287. The Kier molecular flexibility index (Phi) is 8.35. The van der Waals surface area contributed by atoms with Crippen LogP contribution in [0.2, 0.25) is 0 Å². The third-order valence-corrected chi connectivity index (χ3v) is 7.41. The molecule has 9 heteroatoms. The van der Waals surface area contributed by atoms with Gasteiger partial charge in [-0.15, -0.1) is 0 Å². The third-order valence-electron chi connectivity index (χ3n) is 7.41. The molecule has 0 spiro atoms. The van der Waals surface area contributed by atoms with Crippen molar-refractivity contribution in [3.63, 3.8) is 0 Å². The number of benzene rings is 3. The molecule has 1 aliphatic heterocycles. The maximum Gasteiger partial charge on any atom is 0.314 e. The van der Waals surface area contributed by atoms with Gasteiger partial charge >= 0.3 is 5.97 Å². The number of carbonyl (C=O) groups is 1. The zero-order valence-electron chi connectivity index (χ0n) is 22.1. The second kappa shape index (κ2) is 11.9. The first kappa shape index (κ1) is 28.7. The van der Waals surface area contributed by atoms with Gasteiger partial charge in [-0.2, -0.15) is 4.39 Å². The number of esters is 1. The van der Waals surface area contributed by atoms with Gasteiger partial charge in [0.05, 0.1) is 12.5 Å². The Hall–Kier alpha value is -3.85. The molecule has 0 radical (unpaired) electrons. The lowest BCUT2D eigenvalue weighted by Gasteiger charge is -2.22. The summed E-state index contributed by atoms with van der Waals surface area (Å²) in [6.45, 7) is 2.09. The largest absolute Gasteiger partial charge is 0.423 e. The SMILES string of the molecule is C/C=C/CCc1ccc(OC(=O)C2CC=C(c3ccc(-c4ccc(C5CO5)c(F)c4F)c(F)c3F)CC2)c(F)c1F. The van der Waals surface area contributed by atoms with Crippen LogP contribution >= 0.6 is 0 Å². The molecule has 2 unspecified atom stereocenters. The van der Waals surface area contributed by atoms with E-state index < -0.39 is 69.8 Å². The first-order valence-electron chi connectivity index (χ1n) is 13.3. The predicted octanol–water partition coefficient (Wildman–Crippen LogP) is 8.56. The van der Waals surface area contributed by atoms with Crippen LogP contribution < -0.4 is 4.74 Å². The van der Waals surface area contributed by atoms with Crippen LogP contribution in [0.5, 0.6) is 5.75 Å². The second-order valence-electron chi connectivity index (χ2n) is 10.0. The lowest BCUT2D eigenvalue weighted by atomic mass is 9.86. The summed E-state index contributed by atoms with van der Waals surface area (Å²) in [5.74, 6) is -9.29. The maximum atomic E-state index is 15.1. The minimum absolute atomic E-state index is 0.0224. The van der Waals surface area contributed by atoms with Crippen LogP contribution in [0.25, 0.3) is 16.7 Å². The molecule has 2 atom stereocenters. The molecule has 3 aromatic carbocycles. The molecule has 0 saturated carbocycles. The van der Waals surface area contributed by atoms with Gasteiger partial charge in [0.1, 0.15) is 6.10 Å². The van der Waals surface area contributed by atoms with E-state index in [1.807, 2.05) is 19.1 Å². The van der Waals surface area contributed by atoms with Gasteiger partial charge in [-0.1, -0.05) is 48.6 Å². The lowest BCUT2D eigenvalue weighted by molar-refractivity contribution is -0.139. The monoisotopic (exact) mass is 572 g/mol. The predicted molar refractivity (Wildman–Crippen MR) is 141 cm³/mol. The molecule has 1 fully saturated rings. The Morgan fingerprint density at radius 3 is 2.20 bits per heavy atom. The van der Waals surface area contributed by atoms with Gasteiger partial charge in [0.2, 0.25) is 5.82 Å². The van der Waals surface area contributed by atoms with E-state index in [0.717, 1.165) is 0 Å². The van der Waals surface area contributed by atoms with Gasteiger partial charge < -0.3 is 9.47 Å². The number of halogens is 6. The van der Waals surface area contributed by atoms with Crippen LogP contribution in [-0.4, -0.2) is 12.6 Å². The van der Waals surface area contributed by atoms with Crippen LogP contribution in [0.15, 0.2) is 54.6 Å². The smallest absolute Gasteiger partial charge is 0.314 e. The van der Waals surface area contributed by atoms with E-state index in [1.165, 1.54) is 36.4 Å². The van der Waals surface area contributed by atoms with E-state index in [-0.39, 0.29) is 42.6 Å². The molecule has 1 aliphatic carbocycles. The molecular formula is C32H26F6O3. The highest BCUT2D eigenvalue weighted by molar-refractivity contribution is 5.78. The van der Waals surface area contributed by atoms with E-state index in [9.17, 15) is 22.4 Å². The summed E-state index contributed by atoms with van der Waals surface area (Å²) in [6, 6.07) is 7.53. The number of ether oxygens (including phenoxy) is 2. The highest BCUT2D eigenvalue weighted by Crippen LogP contribution is 2.39. The quantitative estimate of drug-likeness (QED) is 0.0893. The Morgan fingerprint density at radius 2 is 1.54 bits per heavy atom. The molecule has 0 aromatic heterocycles. The van der Waals surface area contributed by atoms with Crippen LogP contribution in [0.1, 0.15) is 55.4 Å². The van der Waals surface area contributed by atoms with E-state index in [4.69, 9.17) is 9.47 Å². The summed E-state index contributed by atoms with van der Waals surface area (Å²) in [4.78, 5) is 12.7. The number of rotatable bonds is 8. The normalized spacial score (nSPS) is 18.5. The zero-order chi connectivity index (χ0) is 29.3. The number of epoxide rings is 1. The third kappa shape index (κ3) is 5.81. The number of aryl methyl sites for hydroxylation is 1. The molecule has 3 aromatic rings. The lowest BCUT2D eigenvalue weighted by Crippen LogP contribution is -2.23. The van der Waals surface area contributed by atoms with E-state index in [2.05, 4.69) is 0 Å². The Bertz CT molecular complexity index is 1560. The van der Waals surface area contributed by atoms with Crippen LogP contribution in [0, 0.1) is 40.8 Å². The molecule has 41 heavy (non-hydrogen) atoms. The fourth-order valence-electron chi connectivity index (χ4n) is 4.99. The molecule has 2 aliphatic rings. The topological polar surface area (TPSA) is 38.8 Å². The molecule has 0 bridgehead atoms. The second-order valence-corrected chi connectivity index (χ2v) is 10.0. The standard InChI is InChI=1S/C32H26F6O3/c1-2-3-4-5-18-10-15-24(31(38)26(18)33)41-32(39)19-8-6-17(7-9-19)20-11-12-21(28(35)27(20)34)22-13-14-23(25-16-40-25)30(37)29(22)36/h2-3,6,10-15,19,25H,4-5,7-9,16H2,1H3/b3-2+. The molecule has 0 N–H and O–H groups in total. The Balaban J connectivity index is 1.28. The van der Waals surface area contributed by atoms with Crippen LogP contribution in [-0.2, 0) is 16.0 Å². The van der Waals surface area contributed by atoms with Crippen molar-refractivity contribution < 1.29 is 40.6 Å². The summed E-state index contributed by atoms with van der Waals surface area (Å²) >= 11 is 0. The van der Waals surface area contributed by atoms with Gasteiger partial charge in [-0.3, -0.25) is 4.79 Å². The molecule has 1 heterocycles. The van der Waals surface area contributed by atoms with Crippen molar-refractivity contribution in [3.8, 4) is 16.9 Å². The van der Waals surface area contributed by atoms with Crippen LogP contribution in [0.3, 0.4) is 0 Å². The zero-order valence-corrected chi connectivity index (χ0v) is 22.1. The average Bonchev–Trinajstić information content (AvgIpc) is 3.81. The van der Waals surface area contributed by atoms with Crippen molar-refractivity contribution in [1.29, 1.82) is 0 Å². The summed E-state index contributed by atoms with van der Waals surface area (Å²) in [5, 5.41) is 0. The van der Waals surface area contributed by atoms with E-state index in [1.54, 1.807) is 6.08 Å². The van der Waals surface area contributed by atoms with Crippen molar-refractivity contribution in [2.45, 2.75) is 45.1 Å². The minimum Gasteiger partial charge on any atom is -0.423 e. The van der Waals surface area contributed by atoms with Gasteiger partial charge in [-0.25, -0.2) is 22.0 Å². The van der Waals surface area contributed by atoms with Crippen molar-refractivity contribution in [2.75, 3.05) is 6.61 Å². The van der Waals surface area contributed by atoms with Crippen molar-refractivity contribution in [1.82, 2.24) is 0 Å². The molecule has 1 saturated heterocycles. The van der Waals surface area contributed by atoms with Crippen LogP contribution in [0.4, 0.5) is 26.3 Å². The number of carbonyl (C=O) groups excluding carboxylic acids is 1.